The molecule has 1 aliphatic rings. The van der Waals surface area contributed by atoms with Gasteiger partial charge in [-0.15, -0.1) is 0 Å². The number of halogens is 3. The van der Waals surface area contributed by atoms with Crippen molar-refractivity contribution in [1.29, 1.82) is 0 Å². The van der Waals surface area contributed by atoms with Crippen LogP contribution in [0.25, 0.3) is 0 Å². The fourth-order valence-corrected chi connectivity index (χ4v) is 5.34. The van der Waals surface area contributed by atoms with Gasteiger partial charge in [0, 0.05) is 23.9 Å². The fraction of sp³-hybridized carbons (Fsp3) is 0.417. The van der Waals surface area contributed by atoms with Gasteiger partial charge in [0.25, 0.3) is 5.91 Å². The number of carbonyl (C=O) groups excluding carboxylic acids is 2. The second-order valence-corrected chi connectivity index (χ2v) is 10.9. The minimum absolute atomic E-state index is 0.0396. The Kier molecular flexibility index (Phi) is 7.40. The molecule has 1 atom stereocenters. The number of nitrogens with one attached hydrogen (secondary N) is 1. The Morgan fingerprint density at radius 3 is 2.18 bits per heavy atom. The topological polar surface area (TPSA) is 83.6 Å². The van der Waals surface area contributed by atoms with E-state index < -0.39 is 39.8 Å². The van der Waals surface area contributed by atoms with Gasteiger partial charge in [-0.05, 0) is 67.1 Å². The molecule has 34 heavy (non-hydrogen) atoms. The van der Waals surface area contributed by atoms with Crippen molar-refractivity contribution in [2.75, 3.05) is 10.7 Å². The summed E-state index contributed by atoms with van der Waals surface area (Å²) in [6, 6.07) is 9.51. The van der Waals surface area contributed by atoms with Crippen molar-refractivity contribution in [1.82, 2.24) is 5.32 Å². The maximum atomic E-state index is 13.3. The number of hydrogen-bond donors (Lipinski definition) is 1. The Hall–Kier alpha value is -2.88. The SMILES string of the molecule is CC(=O)N(c1ccc(S(=O)(=O)CC2CC2)cc1)c1cccc(C(=O)N[C@H](C(C)C)C(F)(F)F)c1. The third-order valence-electron chi connectivity index (χ3n) is 5.59. The van der Waals surface area contributed by atoms with E-state index in [9.17, 15) is 31.2 Å². The number of carbonyl (C=O) groups is 2. The summed E-state index contributed by atoms with van der Waals surface area (Å²) in [6.07, 6.45) is -2.80. The highest BCUT2D eigenvalue weighted by molar-refractivity contribution is 7.91. The molecular formula is C24H27F3N2O4S. The van der Waals surface area contributed by atoms with Crippen LogP contribution in [-0.2, 0) is 14.6 Å². The average Bonchev–Trinajstić information content (AvgIpc) is 3.54. The van der Waals surface area contributed by atoms with Gasteiger partial charge in [0.15, 0.2) is 9.84 Å². The van der Waals surface area contributed by atoms with E-state index in [0.717, 1.165) is 12.8 Å². The lowest BCUT2D eigenvalue weighted by molar-refractivity contribution is -0.162. The molecule has 1 saturated carbocycles. The van der Waals surface area contributed by atoms with Crippen molar-refractivity contribution in [2.24, 2.45) is 11.8 Å². The van der Waals surface area contributed by atoms with Gasteiger partial charge in [-0.2, -0.15) is 13.2 Å². The van der Waals surface area contributed by atoms with Crippen molar-refractivity contribution in [3.8, 4) is 0 Å². The molecule has 0 aliphatic heterocycles. The van der Waals surface area contributed by atoms with Gasteiger partial charge in [0.2, 0.25) is 5.91 Å². The van der Waals surface area contributed by atoms with E-state index in [-0.39, 0.29) is 27.8 Å². The monoisotopic (exact) mass is 496 g/mol. The maximum absolute atomic E-state index is 13.3. The number of alkyl halides is 3. The third kappa shape index (κ3) is 6.16. The third-order valence-corrected chi connectivity index (χ3v) is 7.49. The molecule has 2 aromatic carbocycles. The van der Waals surface area contributed by atoms with E-state index in [2.05, 4.69) is 0 Å². The van der Waals surface area contributed by atoms with Gasteiger partial charge in [-0.1, -0.05) is 19.9 Å². The van der Waals surface area contributed by atoms with Gasteiger partial charge in [-0.3, -0.25) is 14.5 Å². The molecule has 3 rings (SSSR count). The molecule has 0 heterocycles. The Morgan fingerprint density at radius 2 is 1.68 bits per heavy atom. The van der Waals surface area contributed by atoms with E-state index in [0.29, 0.717) is 5.69 Å². The Labute approximate surface area is 197 Å². The number of benzene rings is 2. The van der Waals surface area contributed by atoms with Gasteiger partial charge >= 0.3 is 6.18 Å². The van der Waals surface area contributed by atoms with Gasteiger partial charge in [0.05, 0.1) is 10.6 Å². The fourth-order valence-electron chi connectivity index (χ4n) is 3.64. The van der Waals surface area contributed by atoms with Crippen LogP contribution in [0.15, 0.2) is 53.4 Å². The van der Waals surface area contributed by atoms with Crippen LogP contribution in [0.2, 0.25) is 0 Å². The summed E-state index contributed by atoms with van der Waals surface area (Å²) in [5, 5.41) is 2.02. The van der Waals surface area contributed by atoms with Crippen molar-refractivity contribution < 1.29 is 31.2 Å². The molecule has 10 heteroatoms. The minimum Gasteiger partial charge on any atom is -0.340 e. The highest BCUT2D eigenvalue weighted by Gasteiger charge is 2.42. The van der Waals surface area contributed by atoms with Gasteiger partial charge in [0.1, 0.15) is 6.04 Å². The van der Waals surface area contributed by atoms with E-state index in [1.165, 1.54) is 68.1 Å². The summed E-state index contributed by atoms with van der Waals surface area (Å²) in [7, 11) is -3.42. The van der Waals surface area contributed by atoms with Crippen LogP contribution in [0.4, 0.5) is 24.5 Å². The molecule has 2 amide bonds. The molecule has 0 bridgehead atoms. The van der Waals surface area contributed by atoms with Crippen LogP contribution >= 0.6 is 0 Å². The molecule has 184 valence electrons. The predicted octanol–water partition coefficient (Wildman–Crippen LogP) is 4.87. The zero-order valence-electron chi connectivity index (χ0n) is 19.1. The summed E-state index contributed by atoms with van der Waals surface area (Å²) >= 11 is 0. The first-order chi connectivity index (χ1) is 15.8. The molecule has 1 fully saturated rings. The first-order valence-electron chi connectivity index (χ1n) is 10.9. The molecule has 2 aromatic rings. The zero-order valence-corrected chi connectivity index (χ0v) is 19.9. The zero-order chi connectivity index (χ0) is 25.3. The van der Waals surface area contributed by atoms with Gasteiger partial charge < -0.3 is 5.32 Å². The minimum atomic E-state index is -4.60. The summed E-state index contributed by atoms with van der Waals surface area (Å²) in [4.78, 5) is 26.4. The smallest absolute Gasteiger partial charge is 0.340 e. The highest BCUT2D eigenvalue weighted by atomic mass is 32.2. The predicted molar refractivity (Wildman–Crippen MR) is 123 cm³/mol. The van der Waals surface area contributed by atoms with Crippen LogP contribution in [0.1, 0.15) is 44.0 Å². The summed E-state index contributed by atoms with van der Waals surface area (Å²) in [5.74, 6) is -1.91. The van der Waals surface area contributed by atoms with Crippen molar-refractivity contribution >= 4 is 33.0 Å². The molecule has 0 radical (unpaired) electrons. The molecule has 1 aliphatic carbocycles. The van der Waals surface area contributed by atoms with E-state index in [1.54, 1.807) is 6.07 Å². The highest BCUT2D eigenvalue weighted by Crippen LogP contribution is 2.33. The maximum Gasteiger partial charge on any atom is 0.408 e. The van der Waals surface area contributed by atoms with E-state index >= 15 is 0 Å². The molecule has 0 saturated heterocycles. The number of hydrogen-bond acceptors (Lipinski definition) is 4. The lowest BCUT2D eigenvalue weighted by Crippen LogP contribution is -2.48. The quantitative estimate of drug-likeness (QED) is 0.565. The van der Waals surface area contributed by atoms with Gasteiger partial charge in [-0.25, -0.2) is 8.42 Å². The second-order valence-electron chi connectivity index (χ2n) is 8.86. The number of sulfone groups is 1. The van der Waals surface area contributed by atoms with Crippen LogP contribution in [-0.4, -0.2) is 38.2 Å². The van der Waals surface area contributed by atoms with Crippen LogP contribution < -0.4 is 10.2 Å². The molecule has 6 nitrogen and oxygen atoms in total. The number of anilines is 2. The number of nitrogens with zero attached hydrogens (tertiary/aromatic N) is 1. The first-order valence-corrected chi connectivity index (χ1v) is 12.6. The largest absolute Gasteiger partial charge is 0.408 e. The summed E-state index contributed by atoms with van der Waals surface area (Å²) in [5.41, 5.74) is 0.593. The standard InChI is InChI=1S/C24H27F3N2O4S/c1-15(2)22(24(25,26)27)28-23(31)18-5-4-6-20(13-18)29(16(3)30)19-9-11-21(12-10-19)34(32,33)14-17-7-8-17/h4-6,9-13,15,17,22H,7-8,14H2,1-3H3,(H,28,31)/t22-/m1/s1. The lowest BCUT2D eigenvalue weighted by atomic mass is 10.0. The molecule has 0 unspecified atom stereocenters. The van der Waals surface area contributed by atoms with E-state index in [4.69, 9.17) is 0 Å². The van der Waals surface area contributed by atoms with E-state index in [1.807, 2.05) is 5.32 Å². The normalized spacial score (nSPS) is 15.1. The van der Waals surface area contributed by atoms with Crippen molar-refractivity contribution in [2.45, 2.75) is 50.7 Å². The molecule has 0 spiro atoms. The Bertz CT molecular complexity index is 1160. The number of amides is 2. The molecule has 1 N–H and O–H groups in total. The average molecular weight is 497 g/mol. The van der Waals surface area contributed by atoms with Crippen LogP contribution in [0, 0.1) is 11.8 Å². The Balaban J connectivity index is 1.86. The lowest BCUT2D eigenvalue weighted by Gasteiger charge is -2.25. The van der Waals surface area contributed by atoms with Crippen molar-refractivity contribution in [3.63, 3.8) is 0 Å². The summed E-state index contributed by atoms with van der Waals surface area (Å²) in [6.45, 7) is 4.02. The Morgan fingerprint density at radius 1 is 1.06 bits per heavy atom. The van der Waals surface area contributed by atoms with Crippen LogP contribution in [0.3, 0.4) is 0 Å². The summed E-state index contributed by atoms with van der Waals surface area (Å²) < 4.78 is 64.8. The van der Waals surface area contributed by atoms with Crippen molar-refractivity contribution in [3.05, 3.63) is 54.1 Å². The second kappa shape index (κ2) is 9.77. The molecular weight excluding hydrogens is 469 g/mol. The number of rotatable bonds is 8. The molecule has 0 aromatic heterocycles. The van der Waals surface area contributed by atoms with Crippen LogP contribution in [0.5, 0.6) is 0 Å². The first kappa shape index (κ1) is 25.7.